The van der Waals surface area contributed by atoms with Crippen LogP contribution in [0.3, 0.4) is 0 Å². The molecule has 11 heteroatoms. The first kappa shape index (κ1) is 22.9. The highest BCUT2D eigenvalue weighted by atomic mass is 32.2. The number of hydrogen-bond donors (Lipinski definition) is 2. The summed E-state index contributed by atoms with van der Waals surface area (Å²) in [5, 5.41) is 29.7. The van der Waals surface area contributed by atoms with Crippen LogP contribution in [0.15, 0.2) is 59.4 Å². The molecule has 0 amide bonds. The Kier molecular flexibility index (Phi) is 6.16. The SMILES string of the molecule is CCOc1cc([C@H]2[C@@H]3C(=O)CCC=C3Nc3nc(SCc4cccc([N+](=O)[O-])c4)nn32)ccc1O. The molecule has 1 aliphatic carbocycles. The number of hydrogen-bond acceptors (Lipinski definition) is 9. The van der Waals surface area contributed by atoms with Crippen LogP contribution in [0.5, 0.6) is 11.5 Å². The van der Waals surface area contributed by atoms with Crippen molar-refractivity contribution in [3.63, 3.8) is 0 Å². The quantitative estimate of drug-likeness (QED) is 0.278. The summed E-state index contributed by atoms with van der Waals surface area (Å²) in [5.74, 6) is 1.00. The average molecular weight is 494 g/mol. The summed E-state index contributed by atoms with van der Waals surface area (Å²) in [6, 6.07) is 11.1. The summed E-state index contributed by atoms with van der Waals surface area (Å²) in [7, 11) is 0. The van der Waals surface area contributed by atoms with Crippen molar-refractivity contribution in [2.75, 3.05) is 11.9 Å². The number of rotatable bonds is 7. The molecule has 0 fully saturated rings. The number of aromatic nitrogens is 3. The van der Waals surface area contributed by atoms with Crippen LogP contribution in [0, 0.1) is 16.0 Å². The Morgan fingerprint density at radius 3 is 2.97 bits per heavy atom. The number of phenolic OH excluding ortho intramolecular Hbond substituents is 1. The summed E-state index contributed by atoms with van der Waals surface area (Å²) in [6.07, 6.45) is 3.13. The molecule has 180 valence electrons. The number of allylic oxidation sites excluding steroid dienone is 2. The molecule has 1 aromatic heterocycles. The highest BCUT2D eigenvalue weighted by molar-refractivity contribution is 7.98. The molecular formula is C24H23N5O5S. The Hall–Kier alpha value is -3.86. The summed E-state index contributed by atoms with van der Waals surface area (Å²) < 4.78 is 7.29. The van der Waals surface area contributed by atoms with Gasteiger partial charge in [-0.05, 0) is 36.6 Å². The fourth-order valence-corrected chi connectivity index (χ4v) is 5.21. The molecule has 0 saturated carbocycles. The number of carbonyl (C=O) groups excluding carboxylic acids is 1. The number of nitrogens with one attached hydrogen (secondary N) is 1. The van der Waals surface area contributed by atoms with Gasteiger partial charge in [0, 0.05) is 30.0 Å². The standard InChI is InChI=1S/C24H23N5O5S/c1-2-34-20-12-15(9-10-18(20)30)22-21-17(7-4-8-19(21)31)25-23-26-24(27-28(22)23)35-13-14-5-3-6-16(11-14)29(32)33/h3,5-7,9-12,21-22,30H,2,4,8,13H2,1H3,(H,25,26,27)/t21-,22-/m0/s1. The number of Topliss-reactive ketones (excluding diaryl/α,β-unsaturated/α-hetero) is 1. The van der Waals surface area contributed by atoms with Gasteiger partial charge < -0.3 is 15.2 Å². The molecule has 0 spiro atoms. The minimum atomic E-state index is -0.454. The Balaban J connectivity index is 1.50. The minimum Gasteiger partial charge on any atom is -0.504 e. The second kappa shape index (κ2) is 9.41. The number of nitrogens with zero attached hydrogens (tertiary/aromatic N) is 4. The van der Waals surface area contributed by atoms with Crippen molar-refractivity contribution in [3.05, 3.63) is 75.5 Å². The number of benzene rings is 2. The van der Waals surface area contributed by atoms with Crippen molar-refractivity contribution < 1.29 is 19.6 Å². The molecule has 0 bridgehead atoms. The highest BCUT2D eigenvalue weighted by Crippen LogP contribution is 2.43. The fraction of sp³-hybridized carbons (Fsp3) is 0.292. The van der Waals surface area contributed by atoms with E-state index in [-0.39, 0.29) is 17.2 Å². The molecule has 2 aliphatic rings. The van der Waals surface area contributed by atoms with Crippen molar-refractivity contribution in [1.82, 2.24) is 14.8 Å². The molecule has 2 N–H and O–H groups in total. The van der Waals surface area contributed by atoms with E-state index in [9.17, 15) is 20.0 Å². The van der Waals surface area contributed by atoms with Crippen LogP contribution in [-0.4, -0.2) is 37.2 Å². The first-order chi connectivity index (χ1) is 16.9. The van der Waals surface area contributed by atoms with Gasteiger partial charge in [0.2, 0.25) is 11.1 Å². The van der Waals surface area contributed by atoms with Gasteiger partial charge >= 0.3 is 0 Å². The van der Waals surface area contributed by atoms with Crippen LogP contribution in [0.4, 0.5) is 11.6 Å². The maximum Gasteiger partial charge on any atom is 0.269 e. The molecular weight excluding hydrogens is 470 g/mol. The predicted octanol–water partition coefficient (Wildman–Crippen LogP) is 4.46. The molecule has 10 nitrogen and oxygen atoms in total. The Labute approximate surface area is 205 Å². The molecule has 0 saturated heterocycles. The first-order valence-electron chi connectivity index (χ1n) is 11.2. The van der Waals surface area contributed by atoms with E-state index in [2.05, 4.69) is 10.3 Å². The number of carbonyl (C=O) groups is 1. The van der Waals surface area contributed by atoms with Crippen molar-refractivity contribution in [3.8, 4) is 11.5 Å². The zero-order chi connectivity index (χ0) is 24.5. The van der Waals surface area contributed by atoms with Crippen molar-refractivity contribution in [2.45, 2.75) is 36.7 Å². The van der Waals surface area contributed by atoms with E-state index in [0.29, 0.717) is 42.1 Å². The smallest absolute Gasteiger partial charge is 0.269 e. The van der Waals surface area contributed by atoms with Gasteiger partial charge in [-0.25, -0.2) is 4.68 Å². The van der Waals surface area contributed by atoms with Crippen LogP contribution in [-0.2, 0) is 10.5 Å². The van der Waals surface area contributed by atoms with Gasteiger partial charge in [0.1, 0.15) is 5.78 Å². The maximum atomic E-state index is 13.0. The Morgan fingerprint density at radius 1 is 1.31 bits per heavy atom. The summed E-state index contributed by atoms with van der Waals surface area (Å²) in [4.78, 5) is 28.3. The normalized spacial score (nSPS) is 18.8. The van der Waals surface area contributed by atoms with E-state index in [4.69, 9.17) is 9.84 Å². The molecule has 35 heavy (non-hydrogen) atoms. The molecule has 2 atom stereocenters. The zero-order valence-electron chi connectivity index (χ0n) is 18.9. The number of ketones is 1. The van der Waals surface area contributed by atoms with E-state index >= 15 is 0 Å². The predicted molar refractivity (Wildman–Crippen MR) is 130 cm³/mol. The van der Waals surface area contributed by atoms with Crippen LogP contribution in [0.25, 0.3) is 0 Å². The lowest BCUT2D eigenvalue weighted by molar-refractivity contribution is -0.384. The summed E-state index contributed by atoms with van der Waals surface area (Å²) in [5.41, 5.74) is 2.40. The molecule has 2 aromatic carbocycles. The number of fused-ring (bicyclic) bond motifs is 2. The lowest BCUT2D eigenvalue weighted by atomic mass is 9.81. The third-order valence-corrected chi connectivity index (χ3v) is 6.91. The number of nitro groups is 1. The lowest BCUT2D eigenvalue weighted by Crippen LogP contribution is -2.38. The molecule has 0 unspecified atom stereocenters. The molecule has 2 heterocycles. The number of aromatic hydroxyl groups is 1. The number of ether oxygens (including phenoxy) is 1. The summed E-state index contributed by atoms with van der Waals surface area (Å²) >= 11 is 1.36. The van der Waals surface area contributed by atoms with Crippen molar-refractivity contribution in [1.29, 1.82) is 0 Å². The van der Waals surface area contributed by atoms with Gasteiger partial charge in [-0.3, -0.25) is 14.9 Å². The fourth-order valence-electron chi connectivity index (χ4n) is 4.44. The Morgan fingerprint density at radius 2 is 2.17 bits per heavy atom. The topological polar surface area (TPSA) is 132 Å². The molecule has 1 aliphatic heterocycles. The van der Waals surface area contributed by atoms with Crippen molar-refractivity contribution in [2.24, 2.45) is 5.92 Å². The summed E-state index contributed by atoms with van der Waals surface area (Å²) in [6.45, 7) is 2.23. The van der Waals surface area contributed by atoms with Crippen molar-refractivity contribution >= 4 is 29.2 Å². The van der Waals surface area contributed by atoms with E-state index in [1.54, 1.807) is 28.9 Å². The molecule has 0 radical (unpaired) electrons. The average Bonchev–Trinajstić information content (AvgIpc) is 3.26. The second-order valence-corrected chi connectivity index (χ2v) is 9.19. The van der Waals surface area contributed by atoms with Gasteiger partial charge in [-0.15, -0.1) is 5.10 Å². The monoisotopic (exact) mass is 493 g/mol. The van der Waals surface area contributed by atoms with Gasteiger partial charge in [0.25, 0.3) is 5.69 Å². The maximum absolute atomic E-state index is 13.0. The van der Waals surface area contributed by atoms with Gasteiger partial charge in [-0.1, -0.05) is 36.0 Å². The highest BCUT2D eigenvalue weighted by Gasteiger charge is 2.42. The first-order valence-corrected chi connectivity index (χ1v) is 12.2. The number of thioether (sulfide) groups is 1. The van der Waals surface area contributed by atoms with Crippen LogP contribution in [0.1, 0.15) is 36.9 Å². The van der Waals surface area contributed by atoms with Gasteiger partial charge in [0.05, 0.1) is 23.5 Å². The van der Waals surface area contributed by atoms with E-state index in [1.165, 1.54) is 23.9 Å². The number of non-ortho nitro benzene ring substituents is 1. The molecule has 5 rings (SSSR count). The third-order valence-electron chi connectivity index (χ3n) is 6.00. The van der Waals surface area contributed by atoms with Crippen LogP contribution >= 0.6 is 11.8 Å². The van der Waals surface area contributed by atoms with E-state index < -0.39 is 16.9 Å². The number of phenols is 1. The zero-order valence-corrected chi connectivity index (χ0v) is 19.7. The number of nitro benzene ring substituents is 1. The minimum absolute atomic E-state index is 0.0299. The largest absolute Gasteiger partial charge is 0.504 e. The molecule has 3 aromatic rings. The van der Waals surface area contributed by atoms with Crippen LogP contribution in [0.2, 0.25) is 0 Å². The van der Waals surface area contributed by atoms with E-state index in [0.717, 1.165) is 16.8 Å². The lowest BCUT2D eigenvalue weighted by Gasteiger charge is -2.36. The Bertz CT molecular complexity index is 1340. The van der Waals surface area contributed by atoms with Gasteiger partial charge in [0.15, 0.2) is 11.5 Å². The van der Waals surface area contributed by atoms with Gasteiger partial charge in [-0.2, -0.15) is 4.98 Å². The third kappa shape index (κ3) is 4.46. The van der Waals surface area contributed by atoms with Crippen LogP contribution < -0.4 is 10.1 Å². The van der Waals surface area contributed by atoms with E-state index in [1.807, 2.05) is 19.1 Å². The second-order valence-electron chi connectivity index (χ2n) is 8.25. The number of anilines is 1.